The number of carbonyl (C=O) groups excluding carboxylic acids is 1. The van der Waals surface area contributed by atoms with Crippen LogP contribution in [0.4, 0.5) is 0 Å². The Labute approximate surface area is 124 Å². The maximum Gasteiger partial charge on any atom is 0.285 e. The summed E-state index contributed by atoms with van der Waals surface area (Å²) in [6.07, 6.45) is 1.61. The molecule has 3 aromatic rings. The normalized spacial score (nSPS) is 10.7. The van der Waals surface area contributed by atoms with Crippen LogP contribution in [-0.4, -0.2) is 15.7 Å². The zero-order chi connectivity index (χ0) is 14.7. The first-order valence-electron chi connectivity index (χ1n) is 6.48. The molecule has 0 fully saturated rings. The van der Waals surface area contributed by atoms with Gasteiger partial charge >= 0.3 is 0 Å². The van der Waals surface area contributed by atoms with Crippen LogP contribution in [0.25, 0.3) is 10.1 Å². The van der Waals surface area contributed by atoms with Gasteiger partial charge in [0.2, 0.25) is 5.91 Å². The Morgan fingerprint density at radius 3 is 2.86 bits per heavy atom. The number of thiophene rings is 1. The average molecular weight is 299 g/mol. The van der Waals surface area contributed by atoms with Gasteiger partial charge in [0.25, 0.3) is 5.56 Å². The van der Waals surface area contributed by atoms with Gasteiger partial charge in [0.15, 0.2) is 0 Å². The molecule has 0 spiro atoms. The molecular formula is C15H13N3O2S. The summed E-state index contributed by atoms with van der Waals surface area (Å²) in [6, 6.07) is 11.5. The summed E-state index contributed by atoms with van der Waals surface area (Å²) in [5, 5.41) is 9.46. The number of rotatable bonds is 4. The van der Waals surface area contributed by atoms with Crippen LogP contribution in [0.2, 0.25) is 0 Å². The molecule has 1 N–H and O–H groups in total. The van der Waals surface area contributed by atoms with E-state index in [1.165, 1.54) is 16.0 Å². The predicted octanol–water partition coefficient (Wildman–Crippen LogP) is 1.77. The molecule has 0 atom stereocenters. The fourth-order valence-electron chi connectivity index (χ4n) is 2.00. The van der Waals surface area contributed by atoms with Gasteiger partial charge in [-0.1, -0.05) is 30.3 Å². The Kier molecular flexibility index (Phi) is 3.79. The molecule has 2 heterocycles. The molecule has 0 aliphatic carbocycles. The molecule has 1 aromatic carbocycles. The minimum atomic E-state index is -0.232. The van der Waals surface area contributed by atoms with Crippen molar-refractivity contribution in [3.05, 3.63) is 63.9 Å². The van der Waals surface area contributed by atoms with Crippen LogP contribution < -0.4 is 10.9 Å². The third-order valence-electron chi connectivity index (χ3n) is 3.09. The molecule has 0 aliphatic rings. The van der Waals surface area contributed by atoms with Crippen LogP contribution in [0.1, 0.15) is 5.56 Å². The summed E-state index contributed by atoms with van der Waals surface area (Å²) in [5.74, 6) is -0.232. The fourth-order valence-corrected chi connectivity index (χ4v) is 2.81. The van der Waals surface area contributed by atoms with Crippen molar-refractivity contribution in [3.8, 4) is 0 Å². The number of nitrogens with zero attached hydrogens (tertiary/aromatic N) is 2. The molecule has 5 nitrogen and oxygen atoms in total. The second-order valence-corrected chi connectivity index (χ2v) is 5.49. The number of hydrogen-bond donors (Lipinski definition) is 1. The third-order valence-corrected chi connectivity index (χ3v) is 4.00. The molecule has 0 saturated carbocycles. The molecule has 0 bridgehead atoms. The van der Waals surface area contributed by atoms with E-state index in [2.05, 4.69) is 10.4 Å². The Morgan fingerprint density at radius 2 is 2.05 bits per heavy atom. The van der Waals surface area contributed by atoms with Crippen LogP contribution in [0, 0.1) is 0 Å². The maximum atomic E-state index is 12.1. The van der Waals surface area contributed by atoms with Gasteiger partial charge in [0.05, 0.1) is 6.20 Å². The van der Waals surface area contributed by atoms with E-state index in [9.17, 15) is 9.59 Å². The highest BCUT2D eigenvalue weighted by atomic mass is 32.1. The van der Waals surface area contributed by atoms with Gasteiger partial charge in [-0.2, -0.15) is 5.10 Å². The molecule has 21 heavy (non-hydrogen) atoms. The van der Waals surface area contributed by atoms with E-state index in [0.717, 1.165) is 10.9 Å². The second-order valence-electron chi connectivity index (χ2n) is 4.57. The summed E-state index contributed by atoms with van der Waals surface area (Å²) < 4.78 is 1.82. The van der Waals surface area contributed by atoms with Crippen LogP contribution in [0.5, 0.6) is 0 Å². The van der Waals surface area contributed by atoms with Gasteiger partial charge in [-0.25, -0.2) is 4.68 Å². The first-order chi connectivity index (χ1) is 10.2. The molecule has 1 amide bonds. The quantitative estimate of drug-likeness (QED) is 0.798. The summed E-state index contributed by atoms with van der Waals surface area (Å²) in [6.45, 7) is 0.370. The molecule has 6 heteroatoms. The average Bonchev–Trinajstić information content (AvgIpc) is 2.98. The Bertz CT molecular complexity index is 824. The van der Waals surface area contributed by atoms with E-state index in [-0.39, 0.29) is 18.0 Å². The van der Waals surface area contributed by atoms with Gasteiger partial charge in [-0.3, -0.25) is 9.59 Å². The minimum absolute atomic E-state index is 0.0699. The Morgan fingerprint density at radius 1 is 1.24 bits per heavy atom. The van der Waals surface area contributed by atoms with Crippen molar-refractivity contribution in [2.75, 3.05) is 0 Å². The summed E-state index contributed by atoms with van der Waals surface area (Å²) in [7, 11) is 0. The van der Waals surface area contributed by atoms with Crippen molar-refractivity contribution in [2.45, 2.75) is 13.1 Å². The minimum Gasteiger partial charge on any atom is -0.350 e. The molecule has 106 valence electrons. The molecule has 3 rings (SSSR count). The van der Waals surface area contributed by atoms with E-state index >= 15 is 0 Å². The lowest BCUT2D eigenvalue weighted by molar-refractivity contribution is -0.122. The van der Waals surface area contributed by atoms with E-state index in [0.29, 0.717) is 11.2 Å². The van der Waals surface area contributed by atoms with Crippen LogP contribution in [0.15, 0.2) is 52.8 Å². The lowest BCUT2D eigenvalue weighted by atomic mass is 10.2. The zero-order valence-electron chi connectivity index (χ0n) is 11.2. The number of aromatic nitrogens is 2. The fraction of sp³-hybridized carbons (Fsp3) is 0.133. The number of nitrogens with one attached hydrogen (secondary N) is 1. The second kappa shape index (κ2) is 5.88. The van der Waals surface area contributed by atoms with Crippen molar-refractivity contribution < 1.29 is 4.79 Å². The Balaban J connectivity index is 1.69. The number of amides is 1. The van der Waals surface area contributed by atoms with Gasteiger partial charge in [-0.05, 0) is 17.0 Å². The van der Waals surface area contributed by atoms with Gasteiger partial charge in [-0.15, -0.1) is 11.3 Å². The van der Waals surface area contributed by atoms with Crippen LogP contribution >= 0.6 is 11.3 Å². The van der Waals surface area contributed by atoms with E-state index in [1.54, 1.807) is 6.20 Å². The molecule has 2 aromatic heterocycles. The third kappa shape index (κ3) is 3.00. The lowest BCUT2D eigenvalue weighted by Gasteiger charge is -2.06. The van der Waals surface area contributed by atoms with E-state index in [4.69, 9.17) is 0 Å². The van der Waals surface area contributed by atoms with Crippen molar-refractivity contribution in [1.29, 1.82) is 0 Å². The predicted molar refractivity (Wildman–Crippen MR) is 82.2 cm³/mol. The monoisotopic (exact) mass is 299 g/mol. The van der Waals surface area contributed by atoms with Crippen molar-refractivity contribution in [1.82, 2.24) is 15.1 Å². The summed E-state index contributed by atoms with van der Waals surface area (Å²) in [4.78, 5) is 24.0. The first kappa shape index (κ1) is 13.5. The van der Waals surface area contributed by atoms with Crippen molar-refractivity contribution in [3.63, 3.8) is 0 Å². The highest BCUT2D eigenvalue weighted by molar-refractivity contribution is 7.17. The van der Waals surface area contributed by atoms with Gasteiger partial charge in [0, 0.05) is 11.9 Å². The van der Waals surface area contributed by atoms with Crippen LogP contribution in [0.3, 0.4) is 0 Å². The van der Waals surface area contributed by atoms with Gasteiger partial charge < -0.3 is 5.32 Å². The van der Waals surface area contributed by atoms with Crippen LogP contribution in [-0.2, 0) is 17.9 Å². The van der Waals surface area contributed by atoms with E-state index < -0.39 is 0 Å². The van der Waals surface area contributed by atoms with Crippen molar-refractivity contribution in [2.24, 2.45) is 0 Å². The number of benzene rings is 1. The molecule has 0 saturated heterocycles. The maximum absolute atomic E-state index is 12.1. The number of carbonyl (C=O) groups is 1. The zero-order valence-corrected chi connectivity index (χ0v) is 12.0. The summed E-state index contributed by atoms with van der Waals surface area (Å²) in [5.41, 5.74) is 0.789. The molecule has 0 aliphatic heterocycles. The number of hydrogen-bond acceptors (Lipinski definition) is 4. The van der Waals surface area contributed by atoms with Gasteiger partial charge in [0.1, 0.15) is 11.2 Å². The highest BCUT2D eigenvalue weighted by Gasteiger charge is 2.09. The molecular weight excluding hydrogens is 286 g/mol. The standard InChI is InChI=1S/C15H13N3O2S/c19-13(16-8-11-4-2-1-3-5-11)10-18-15(20)14-12(9-17-18)6-7-21-14/h1-7,9H,8,10H2,(H,16,19). The summed E-state index contributed by atoms with van der Waals surface area (Å²) >= 11 is 1.36. The van der Waals surface area contributed by atoms with Crippen molar-refractivity contribution >= 4 is 27.3 Å². The Hall–Kier alpha value is -2.47. The first-order valence-corrected chi connectivity index (χ1v) is 7.36. The lowest BCUT2D eigenvalue weighted by Crippen LogP contribution is -2.33. The largest absolute Gasteiger partial charge is 0.350 e. The highest BCUT2D eigenvalue weighted by Crippen LogP contribution is 2.14. The SMILES string of the molecule is O=C(Cn1ncc2ccsc2c1=O)NCc1ccccc1. The molecule has 0 radical (unpaired) electrons. The smallest absolute Gasteiger partial charge is 0.285 e. The molecule has 0 unspecified atom stereocenters. The topological polar surface area (TPSA) is 64.0 Å². The van der Waals surface area contributed by atoms with E-state index in [1.807, 2.05) is 41.8 Å². The number of fused-ring (bicyclic) bond motifs is 1.